The van der Waals surface area contributed by atoms with Crippen molar-refractivity contribution < 1.29 is 9.53 Å². The number of carbonyl (C=O) groups is 1. The molecule has 2 amide bonds. The van der Waals surface area contributed by atoms with Crippen LogP contribution >= 0.6 is 0 Å². The van der Waals surface area contributed by atoms with E-state index in [1.807, 2.05) is 18.2 Å². The molecule has 2 aromatic rings. The van der Waals surface area contributed by atoms with Gasteiger partial charge in [-0.1, -0.05) is 36.4 Å². The summed E-state index contributed by atoms with van der Waals surface area (Å²) in [5.41, 5.74) is 2.12. The molecule has 1 heterocycles. The molecule has 2 atom stereocenters. The Morgan fingerprint density at radius 3 is 2.73 bits per heavy atom. The quantitative estimate of drug-likeness (QED) is 0.746. The maximum atomic E-state index is 12.1. The normalized spacial score (nSPS) is 19.6. The fraction of sp³-hybridized carbons (Fsp3) is 0.381. The summed E-state index contributed by atoms with van der Waals surface area (Å²) < 4.78 is 5.16. The van der Waals surface area contributed by atoms with Crippen molar-refractivity contribution in [2.24, 2.45) is 5.92 Å². The van der Waals surface area contributed by atoms with Crippen molar-refractivity contribution in [2.45, 2.75) is 25.3 Å². The number of piperidine rings is 1. The Bertz CT molecular complexity index is 697. The Labute approximate surface area is 155 Å². The maximum Gasteiger partial charge on any atom is 0.319 e. The maximum absolute atomic E-state index is 12.1. The van der Waals surface area contributed by atoms with Gasteiger partial charge in [0.25, 0.3) is 0 Å². The molecule has 0 aliphatic carbocycles. The third-order valence-corrected chi connectivity index (χ3v) is 4.82. The van der Waals surface area contributed by atoms with E-state index in [1.54, 1.807) is 13.2 Å². The van der Waals surface area contributed by atoms with Crippen molar-refractivity contribution in [3.8, 4) is 5.75 Å². The van der Waals surface area contributed by atoms with Gasteiger partial charge in [0.1, 0.15) is 5.75 Å². The van der Waals surface area contributed by atoms with Gasteiger partial charge in [-0.3, -0.25) is 0 Å². The third kappa shape index (κ3) is 5.49. The lowest BCUT2D eigenvalue weighted by Crippen LogP contribution is -2.47. The highest BCUT2D eigenvalue weighted by molar-refractivity contribution is 5.89. The summed E-state index contributed by atoms with van der Waals surface area (Å²) >= 11 is 0. The zero-order valence-electron chi connectivity index (χ0n) is 15.2. The van der Waals surface area contributed by atoms with Crippen LogP contribution < -0.4 is 20.7 Å². The molecule has 138 valence electrons. The van der Waals surface area contributed by atoms with E-state index in [4.69, 9.17) is 4.74 Å². The standard InChI is InChI=1S/C21H27N3O2/c1-26-20-9-5-8-18(13-20)24-21(25)23-15-19-11-10-17(14-22-19)12-16-6-3-2-4-7-16/h2-9,13,17,19,22H,10-12,14-15H2,1H3,(H2,23,24,25)/t17-,19-/m0/s1. The van der Waals surface area contributed by atoms with Crippen molar-refractivity contribution in [3.05, 3.63) is 60.2 Å². The SMILES string of the molecule is COc1cccc(NC(=O)NC[C@@H]2CC[C@@H](Cc3ccccc3)CN2)c1. The molecule has 3 N–H and O–H groups in total. The first kappa shape index (κ1) is 18.3. The van der Waals surface area contributed by atoms with E-state index >= 15 is 0 Å². The molecule has 0 aromatic heterocycles. The monoisotopic (exact) mass is 353 g/mol. The second-order valence-corrected chi connectivity index (χ2v) is 6.81. The fourth-order valence-corrected chi connectivity index (χ4v) is 3.36. The zero-order valence-corrected chi connectivity index (χ0v) is 15.2. The largest absolute Gasteiger partial charge is 0.497 e. The number of ether oxygens (including phenoxy) is 1. The van der Waals surface area contributed by atoms with Gasteiger partial charge in [-0.25, -0.2) is 4.79 Å². The topological polar surface area (TPSA) is 62.4 Å². The Hall–Kier alpha value is -2.53. The van der Waals surface area contributed by atoms with Crippen LogP contribution in [0.4, 0.5) is 10.5 Å². The molecular weight excluding hydrogens is 326 g/mol. The first-order chi connectivity index (χ1) is 12.7. The van der Waals surface area contributed by atoms with Crippen molar-refractivity contribution in [3.63, 3.8) is 0 Å². The number of benzene rings is 2. The Balaban J connectivity index is 1.37. The van der Waals surface area contributed by atoms with Crippen LogP contribution in [0.1, 0.15) is 18.4 Å². The van der Waals surface area contributed by atoms with Gasteiger partial charge < -0.3 is 20.7 Å². The lowest BCUT2D eigenvalue weighted by atomic mass is 9.89. The molecule has 3 rings (SSSR count). The van der Waals surface area contributed by atoms with E-state index in [0.29, 0.717) is 18.5 Å². The molecule has 2 aromatic carbocycles. The van der Waals surface area contributed by atoms with Gasteiger partial charge in [-0.2, -0.15) is 0 Å². The van der Waals surface area contributed by atoms with Crippen molar-refractivity contribution in [1.29, 1.82) is 0 Å². The van der Waals surface area contributed by atoms with Crippen molar-refractivity contribution >= 4 is 11.7 Å². The van der Waals surface area contributed by atoms with Crippen LogP contribution in [0.5, 0.6) is 5.75 Å². The smallest absolute Gasteiger partial charge is 0.319 e. The van der Waals surface area contributed by atoms with Gasteiger partial charge in [-0.05, 0) is 49.4 Å². The molecule has 0 saturated carbocycles. The van der Waals surface area contributed by atoms with Crippen molar-refractivity contribution in [2.75, 3.05) is 25.5 Å². The minimum Gasteiger partial charge on any atom is -0.497 e. The van der Waals surface area contributed by atoms with E-state index in [1.165, 1.54) is 12.0 Å². The molecule has 26 heavy (non-hydrogen) atoms. The number of amides is 2. The number of hydrogen-bond donors (Lipinski definition) is 3. The lowest BCUT2D eigenvalue weighted by Gasteiger charge is -2.30. The predicted octanol–water partition coefficient (Wildman–Crippen LogP) is 3.43. The summed E-state index contributed by atoms with van der Waals surface area (Å²) in [7, 11) is 1.61. The Morgan fingerprint density at radius 1 is 1.15 bits per heavy atom. The first-order valence-electron chi connectivity index (χ1n) is 9.19. The van der Waals surface area contributed by atoms with Crippen molar-refractivity contribution in [1.82, 2.24) is 10.6 Å². The highest BCUT2D eigenvalue weighted by Crippen LogP contribution is 2.19. The number of rotatable bonds is 6. The zero-order chi connectivity index (χ0) is 18.2. The molecule has 1 aliphatic rings. The molecule has 5 heteroatoms. The molecule has 0 bridgehead atoms. The number of urea groups is 1. The number of methoxy groups -OCH3 is 1. The number of anilines is 1. The second kappa shape index (κ2) is 9.25. The van der Waals surface area contributed by atoms with Gasteiger partial charge in [0, 0.05) is 24.3 Å². The molecular formula is C21H27N3O2. The van der Waals surface area contributed by atoms with Gasteiger partial charge in [0.05, 0.1) is 7.11 Å². The van der Waals surface area contributed by atoms with Gasteiger partial charge >= 0.3 is 6.03 Å². The predicted molar refractivity (Wildman–Crippen MR) is 105 cm³/mol. The molecule has 0 unspecified atom stereocenters. The van der Waals surface area contributed by atoms with Gasteiger partial charge in [-0.15, -0.1) is 0 Å². The van der Waals surface area contributed by atoms with E-state index in [9.17, 15) is 4.79 Å². The third-order valence-electron chi connectivity index (χ3n) is 4.82. The van der Waals surface area contributed by atoms with E-state index in [-0.39, 0.29) is 6.03 Å². The minimum absolute atomic E-state index is 0.188. The number of hydrogen-bond acceptors (Lipinski definition) is 3. The van der Waals surface area contributed by atoms with Crippen LogP contribution in [0.2, 0.25) is 0 Å². The first-order valence-corrected chi connectivity index (χ1v) is 9.19. The van der Waals surface area contributed by atoms with E-state index in [2.05, 4.69) is 46.3 Å². The van der Waals surface area contributed by atoms with Crippen LogP contribution in [0.15, 0.2) is 54.6 Å². The van der Waals surface area contributed by atoms with Crippen LogP contribution in [-0.2, 0) is 6.42 Å². The number of nitrogens with one attached hydrogen (secondary N) is 3. The summed E-state index contributed by atoms with van der Waals surface area (Å²) in [6.45, 7) is 1.63. The summed E-state index contributed by atoms with van der Waals surface area (Å²) in [5, 5.41) is 9.35. The minimum atomic E-state index is -0.188. The highest BCUT2D eigenvalue weighted by Gasteiger charge is 2.21. The molecule has 1 saturated heterocycles. The molecule has 1 fully saturated rings. The van der Waals surface area contributed by atoms with Crippen LogP contribution in [0.3, 0.4) is 0 Å². The summed E-state index contributed by atoms with van der Waals surface area (Å²) in [6.07, 6.45) is 3.38. The van der Waals surface area contributed by atoms with Crippen LogP contribution in [0.25, 0.3) is 0 Å². The average Bonchev–Trinajstić information content (AvgIpc) is 2.68. The molecule has 5 nitrogen and oxygen atoms in total. The Morgan fingerprint density at radius 2 is 2.00 bits per heavy atom. The van der Waals surface area contributed by atoms with E-state index in [0.717, 1.165) is 30.8 Å². The number of carbonyl (C=O) groups excluding carboxylic acids is 1. The van der Waals surface area contributed by atoms with Crippen LogP contribution in [0, 0.1) is 5.92 Å². The average molecular weight is 353 g/mol. The fourth-order valence-electron chi connectivity index (χ4n) is 3.36. The highest BCUT2D eigenvalue weighted by atomic mass is 16.5. The molecule has 0 radical (unpaired) electrons. The lowest BCUT2D eigenvalue weighted by molar-refractivity contribution is 0.247. The van der Waals surface area contributed by atoms with Crippen LogP contribution in [-0.4, -0.2) is 32.3 Å². The summed E-state index contributed by atoms with van der Waals surface area (Å²) in [6, 6.07) is 18.1. The molecule has 1 aliphatic heterocycles. The second-order valence-electron chi connectivity index (χ2n) is 6.81. The summed E-state index contributed by atoms with van der Waals surface area (Å²) in [4.78, 5) is 12.1. The van der Waals surface area contributed by atoms with Gasteiger partial charge in [0.2, 0.25) is 0 Å². The van der Waals surface area contributed by atoms with Gasteiger partial charge in [0.15, 0.2) is 0 Å². The Kier molecular flexibility index (Phi) is 6.50. The summed E-state index contributed by atoms with van der Waals surface area (Å²) in [5.74, 6) is 1.39. The van der Waals surface area contributed by atoms with E-state index < -0.39 is 0 Å². The molecule has 0 spiro atoms.